The topological polar surface area (TPSA) is 76.7 Å². The van der Waals surface area contributed by atoms with Gasteiger partial charge in [0.25, 0.3) is 11.8 Å². The number of halogens is 2. The molecule has 0 fully saturated rings. The minimum Gasteiger partial charge on any atom is -0.494 e. The van der Waals surface area contributed by atoms with E-state index in [2.05, 4.69) is 10.9 Å². The van der Waals surface area contributed by atoms with Gasteiger partial charge in [0.05, 0.1) is 7.11 Å². The first-order valence-electron chi connectivity index (χ1n) is 7.26. The van der Waals surface area contributed by atoms with Crippen molar-refractivity contribution in [2.75, 3.05) is 7.11 Å². The molecule has 0 radical (unpaired) electrons. The van der Waals surface area contributed by atoms with Gasteiger partial charge in [-0.2, -0.15) is 0 Å². The van der Waals surface area contributed by atoms with Gasteiger partial charge in [-0.05, 0) is 49.4 Å². The minimum absolute atomic E-state index is 0.00176. The highest BCUT2D eigenvalue weighted by atomic mass is 19.1. The van der Waals surface area contributed by atoms with Gasteiger partial charge >= 0.3 is 0 Å². The number of benzene rings is 2. The molecule has 132 valence electrons. The molecule has 0 spiro atoms. The smallest absolute Gasteiger partial charge is 0.279 e. The van der Waals surface area contributed by atoms with Crippen LogP contribution in [0.3, 0.4) is 0 Å². The maximum Gasteiger partial charge on any atom is 0.279 e. The molecular formula is C17H16F2N2O4. The molecule has 6 nitrogen and oxygen atoms in total. The fraction of sp³-hybridized carbons (Fsp3) is 0.176. The monoisotopic (exact) mass is 350 g/mol. The van der Waals surface area contributed by atoms with Gasteiger partial charge < -0.3 is 9.47 Å². The third-order valence-corrected chi connectivity index (χ3v) is 3.21. The molecule has 2 aromatic carbocycles. The van der Waals surface area contributed by atoms with Crippen LogP contribution in [0, 0.1) is 11.6 Å². The predicted molar refractivity (Wildman–Crippen MR) is 85.1 cm³/mol. The van der Waals surface area contributed by atoms with E-state index in [0.717, 1.165) is 6.07 Å². The SMILES string of the molecule is COc1ccc(C(=O)NNC(=O)[C@H](C)Oc2ccc(F)cc2)cc1F. The largest absolute Gasteiger partial charge is 0.494 e. The van der Waals surface area contributed by atoms with Crippen LogP contribution in [0.25, 0.3) is 0 Å². The lowest BCUT2D eigenvalue weighted by Crippen LogP contribution is -2.47. The summed E-state index contributed by atoms with van der Waals surface area (Å²) in [5, 5.41) is 0. The van der Waals surface area contributed by atoms with Crippen molar-refractivity contribution in [1.82, 2.24) is 10.9 Å². The maximum absolute atomic E-state index is 13.6. The van der Waals surface area contributed by atoms with Gasteiger partial charge in [-0.3, -0.25) is 20.4 Å². The Labute approximate surface area is 142 Å². The van der Waals surface area contributed by atoms with Crippen molar-refractivity contribution in [1.29, 1.82) is 0 Å². The lowest BCUT2D eigenvalue weighted by atomic mass is 10.2. The molecule has 2 rings (SSSR count). The summed E-state index contributed by atoms with van der Waals surface area (Å²) >= 11 is 0. The molecule has 0 aromatic heterocycles. The Morgan fingerprint density at radius 2 is 1.72 bits per heavy atom. The van der Waals surface area contributed by atoms with Gasteiger partial charge in [-0.15, -0.1) is 0 Å². The van der Waals surface area contributed by atoms with Crippen LogP contribution in [0.2, 0.25) is 0 Å². The minimum atomic E-state index is -0.946. The second kappa shape index (κ2) is 8.09. The number of rotatable bonds is 5. The van der Waals surface area contributed by atoms with Crippen LogP contribution in [0.15, 0.2) is 42.5 Å². The quantitative estimate of drug-likeness (QED) is 0.811. The first-order valence-corrected chi connectivity index (χ1v) is 7.26. The van der Waals surface area contributed by atoms with E-state index in [4.69, 9.17) is 9.47 Å². The molecule has 0 aliphatic heterocycles. The van der Waals surface area contributed by atoms with E-state index in [-0.39, 0.29) is 11.3 Å². The molecule has 0 aliphatic carbocycles. The van der Waals surface area contributed by atoms with Crippen molar-refractivity contribution in [3.8, 4) is 11.5 Å². The number of carbonyl (C=O) groups excluding carboxylic acids is 2. The highest BCUT2D eigenvalue weighted by Crippen LogP contribution is 2.17. The van der Waals surface area contributed by atoms with E-state index in [0.29, 0.717) is 5.75 Å². The molecular weight excluding hydrogens is 334 g/mol. The molecule has 0 aliphatic rings. The van der Waals surface area contributed by atoms with Gasteiger partial charge in [0.15, 0.2) is 17.7 Å². The molecule has 2 amide bonds. The Bertz CT molecular complexity index is 766. The Kier molecular flexibility index (Phi) is 5.89. The number of ether oxygens (including phenoxy) is 2. The molecule has 0 saturated heterocycles. The van der Waals surface area contributed by atoms with Crippen LogP contribution in [-0.4, -0.2) is 25.0 Å². The maximum atomic E-state index is 13.6. The molecule has 0 unspecified atom stereocenters. The third kappa shape index (κ3) is 4.90. The van der Waals surface area contributed by atoms with Crippen LogP contribution >= 0.6 is 0 Å². The van der Waals surface area contributed by atoms with Crippen LogP contribution in [0.5, 0.6) is 11.5 Å². The average molecular weight is 350 g/mol. The van der Waals surface area contributed by atoms with Crippen molar-refractivity contribution in [2.24, 2.45) is 0 Å². The molecule has 0 heterocycles. The third-order valence-electron chi connectivity index (χ3n) is 3.21. The summed E-state index contributed by atoms with van der Waals surface area (Å²) < 4.78 is 36.5. The Morgan fingerprint density at radius 3 is 2.32 bits per heavy atom. The number of amides is 2. The van der Waals surface area contributed by atoms with Crippen molar-refractivity contribution in [2.45, 2.75) is 13.0 Å². The summed E-state index contributed by atoms with van der Waals surface area (Å²) in [6.45, 7) is 1.46. The summed E-state index contributed by atoms with van der Waals surface area (Å²) in [4.78, 5) is 23.8. The van der Waals surface area contributed by atoms with Crippen molar-refractivity contribution in [3.63, 3.8) is 0 Å². The molecule has 1 atom stereocenters. The van der Waals surface area contributed by atoms with Gasteiger partial charge in [0, 0.05) is 5.56 Å². The van der Waals surface area contributed by atoms with E-state index in [1.165, 1.54) is 50.4 Å². The van der Waals surface area contributed by atoms with Crippen molar-refractivity contribution < 1.29 is 27.8 Å². The first-order chi connectivity index (χ1) is 11.9. The first kappa shape index (κ1) is 18.2. The average Bonchev–Trinajstić information content (AvgIpc) is 2.61. The normalized spacial score (nSPS) is 11.4. The van der Waals surface area contributed by atoms with E-state index >= 15 is 0 Å². The van der Waals surface area contributed by atoms with Crippen molar-refractivity contribution >= 4 is 11.8 Å². The Hall–Kier alpha value is -3.16. The highest BCUT2D eigenvalue weighted by Gasteiger charge is 2.16. The lowest BCUT2D eigenvalue weighted by molar-refractivity contribution is -0.128. The van der Waals surface area contributed by atoms with Gasteiger partial charge in [-0.25, -0.2) is 8.78 Å². The van der Waals surface area contributed by atoms with Crippen LogP contribution in [0.4, 0.5) is 8.78 Å². The number of carbonyl (C=O) groups is 2. The summed E-state index contributed by atoms with van der Waals surface area (Å²) in [6, 6.07) is 8.77. The zero-order valence-corrected chi connectivity index (χ0v) is 13.5. The zero-order valence-electron chi connectivity index (χ0n) is 13.5. The second-order valence-corrected chi connectivity index (χ2v) is 5.01. The zero-order chi connectivity index (χ0) is 18.4. The Morgan fingerprint density at radius 1 is 1.04 bits per heavy atom. The van der Waals surface area contributed by atoms with Crippen LogP contribution in [-0.2, 0) is 4.79 Å². The van der Waals surface area contributed by atoms with Crippen LogP contribution in [0.1, 0.15) is 17.3 Å². The Balaban J connectivity index is 1.89. The van der Waals surface area contributed by atoms with E-state index < -0.39 is 29.6 Å². The van der Waals surface area contributed by atoms with E-state index in [9.17, 15) is 18.4 Å². The molecule has 0 bridgehead atoms. The summed E-state index contributed by atoms with van der Waals surface area (Å²) in [6.07, 6.45) is -0.946. The van der Waals surface area contributed by atoms with Crippen molar-refractivity contribution in [3.05, 3.63) is 59.7 Å². The second-order valence-electron chi connectivity index (χ2n) is 5.01. The molecule has 8 heteroatoms. The van der Waals surface area contributed by atoms with Gasteiger partial charge in [-0.1, -0.05) is 0 Å². The van der Waals surface area contributed by atoms with Crippen LogP contribution < -0.4 is 20.3 Å². The number of hydrogen-bond donors (Lipinski definition) is 2. The number of nitrogens with one attached hydrogen (secondary N) is 2. The molecule has 25 heavy (non-hydrogen) atoms. The highest BCUT2D eigenvalue weighted by molar-refractivity contribution is 5.95. The fourth-order valence-electron chi connectivity index (χ4n) is 1.87. The van der Waals surface area contributed by atoms with Gasteiger partial charge in [0.1, 0.15) is 11.6 Å². The molecule has 2 aromatic rings. The number of methoxy groups -OCH3 is 1. The summed E-state index contributed by atoms with van der Waals surface area (Å²) in [5.74, 6) is -2.16. The number of hydrazine groups is 1. The molecule has 2 N–H and O–H groups in total. The summed E-state index contributed by atoms with van der Waals surface area (Å²) in [5.41, 5.74) is 4.33. The molecule has 0 saturated carbocycles. The fourth-order valence-corrected chi connectivity index (χ4v) is 1.87. The van der Waals surface area contributed by atoms with Gasteiger partial charge in [0.2, 0.25) is 0 Å². The van der Waals surface area contributed by atoms with E-state index in [1.54, 1.807) is 0 Å². The standard InChI is InChI=1S/C17H16F2N2O4/c1-10(25-13-6-4-12(18)5-7-13)16(22)20-21-17(23)11-3-8-15(24-2)14(19)9-11/h3-10H,1-2H3,(H,20,22)(H,21,23)/t10-/m0/s1. The lowest BCUT2D eigenvalue weighted by Gasteiger charge is -2.15. The van der Waals surface area contributed by atoms with E-state index in [1.807, 2.05) is 0 Å². The number of hydrogen-bond acceptors (Lipinski definition) is 4. The summed E-state index contributed by atoms with van der Waals surface area (Å²) in [7, 11) is 1.31. The predicted octanol–water partition coefficient (Wildman–Crippen LogP) is 2.20.